The van der Waals surface area contributed by atoms with Crippen molar-refractivity contribution in [3.63, 3.8) is 0 Å². The number of hydrogen-bond donors (Lipinski definition) is 2. The Hall–Kier alpha value is -3.92. The van der Waals surface area contributed by atoms with E-state index >= 15 is 0 Å². The van der Waals surface area contributed by atoms with Crippen LogP contribution in [0.3, 0.4) is 0 Å². The van der Waals surface area contributed by atoms with Crippen LogP contribution in [-0.4, -0.2) is 63.0 Å². The van der Waals surface area contributed by atoms with Gasteiger partial charge in [0.15, 0.2) is 5.65 Å². The second-order valence-corrected chi connectivity index (χ2v) is 11.5. The number of fused-ring (bicyclic) bond motifs is 1. The zero-order valence-corrected chi connectivity index (χ0v) is 23.6. The average Bonchev–Trinajstić information content (AvgIpc) is 3.22. The van der Waals surface area contributed by atoms with Crippen LogP contribution in [0.4, 0.5) is 0 Å². The number of hydrogen-bond acceptors (Lipinski definition) is 7. The Morgan fingerprint density at radius 3 is 2.62 bits per heavy atom. The molecule has 0 aromatic carbocycles. The van der Waals surface area contributed by atoms with Crippen molar-refractivity contribution >= 4 is 40.1 Å². The number of rotatable bonds is 7. The maximum absolute atomic E-state index is 13.6. The largest absolute Gasteiger partial charge is 0.466 e. The number of methoxy groups -OCH3 is 1. The number of carbonyl (C=O) groups excluding carboxylic acids is 3. The summed E-state index contributed by atoms with van der Waals surface area (Å²) in [6.45, 7) is 16.0. The number of ether oxygens (including phenoxy) is 1. The van der Waals surface area contributed by atoms with Crippen LogP contribution in [-0.2, 0) is 20.9 Å². The molecule has 4 heterocycles. The van der Waals surface area contributed by atoms with Gasteiger partial charge >= 0.3 is 5.97 Å². The van der Waals surface area contributed by atoms with Gasteiger partial charge in [0.25, 0.3) is 11.8 Å². The van der Waals surface area contributed by atoms with Crippen molar-refractivity contribution in [3.8, 4) is 0 Å². The van der Waals surface area contributed by atoms with E-state index in [4.69, 9.17) is 9.72 Å². The van der Waals surface area contributed by atoms with Crippen LogP contribution in [0.5, 0.6) is 0 Å². The lowest BCUT2D eigenvalue weighted by Crippen LogP contribution is -2.53. The number of nitrogens with one attached hydrogen (secondary N) is 2. The smallest absolute Gasteiger partial charge is 0.335 e. The fraction of sp³-hybridized carbons (Fsp3) is 0.448. The van der Waals surface area contributed by atoms with E-state index in [0.29, 0.717) is 34.4 Å². The first-order valence-corrected chi connectivity index (χ1v) is 12.9. The topological polar surface area (TPSA) is 128 Å². The first-order chi connectivity index (χ1) is 18.2. The molecule has 10 heteroatoms. The molecule has 1 atom stereocenters. The van der Waals surface area contributed by atoms with Gasteiger partial charge in [-0.3, -0.25) is 9.59 Å². The number of allylic oxidation sites excluding steroid dienone is 1. The van der Waals surface area contributed by atoms with Crippen molar-refractivity contribution in [2.75, 3.05) is 13.7 Å². The summed E-state index contributed by atoms with van der Waals surface area (Å²) in [7, 11) is 1.29. The first-order valence-electron chi connectivity index (χ1n) is 12.9. The summed E-state index contributed by atoms with van der Waals surface area (Å²) < 4.78 is 6.34. The maximum atomic E-state index is 13.6. The highest BCUT2D eigenvalue weighted by Crippen LogP contribution is 2.34. The Bertz CT molecular complexity index is 1470. The molecular formula is C29H36N6O4. The summed E-state index contributed by atoms with van der Waals surface area (Å²) in [5, 5.41) is 11.5. The minimum Gasteiger partial charge on any atom is -0.466 e. The van der Waals surface area contributed by atoms with Gasteiger partial charge in [0.1, 0.15) is 0 Å². The number of amides is 2. The zero-order chi connectivity index (χ0) is 28.7. The molecule has 0 fully saturated rings. The highest BCUT2D eigenvalue weighted by molar-refractivity contribution is 6.08. The Kier molecular flexibility index (Phi) is 7.44. The van der Waals surface area contributed by atoms with Crippen LogP contribution in [0, 0.1) is 5.92 Å². The summed E-state index contributed by atoms with van der Waals surface area (Å²) in [4.78, 5) is 47.0. The third-order valence-corrected chi connectivity index (χ3v) is 6.86. The predicted octanol–water partition coefficient (Wildman–Crippen LogP) is 3.39. The Labute approximate surface area is 228 Å². The molecule has 4 rings (SSSR count). The van der Waals surface area contributed by atoms with Gasteiger partial charge in [0.05, 0.1) is 48.0 Å². The van der Waals surface area contributed by atoms with Gasteiger partial charge in [-0.2, -0.15) is 5.10 Å². The SMILES string of the molecule is C=C(Cn1ncc2c(C(=O)NCC3C(=O)N=C(C)C=C3C)cc(C3=CC(C)(C)NC(C)(C)C3)nc21)C(=O)OC. The minimum atomic E-state index is -0.546. The van der Waals surface area contributed by atoms with Crippen LogP contribution >= 0.6 is 0 Å². The molecule has 1 unspecified atom stereocenters. The molecular weight excluding hydrogens is 496 g/mol. The van der Waals surface area contributed by atoms with Gasteiger partial charge in [-0.1, -0.05) is 18.2 Å². The molecule has 2 aromatic rings. The van der Waals surface area contributed by atoms with Crippen molar-refractivity contribution < 1.29 is 19.1 Å². The third-order valence-electron chi connectivity index (χ3n) is 6.86. The quantitative estimate of drug-likeness (QED) is 0.413. The number of aliphatic imine (C=N–C) groups is 1. The fourth-order valence-electron chi connectivity index (χ4n) is 5.43. The number of dihydropyridines is 1. The van der Waals surface area contributed by atoms with Gasteiger partial charge in [-0.15, -0.1) is 0 Å². The summed E-state index contributed by atoms with van der Waals surface area (Å²) in [5.74, 6) is -1.69. The van der Waals surface area contributed by atoms with Crippen LogP contribution in [0.2, 0.25) is 0 Å². The zero-order valence-electron chi connectivity index (χ0n) is 23.6. The number of pyridine rings is 1. The Morgan fingerprint density at radius 1 is 1.26 bits per heavy atom. The molecule has 0 spiro atoms. The van der Waals surface area contributed by atoms with Crippen molar-refractivity contribution in [1.29, 1.82) is 0 Å². The van der Waals surface area contributed by atoms with E-state index in [1.165, 1.54) is 7.11 Å². The first kappa shape index (κ1) is 28.1. The van der Waals surface area contributed by atoms with E-state index in [2.05, 4.69) is 61.1 Å². The molecule has 0 bridgehead atoms. The van der Waals surface area contributed by atoms with E-state index in [-0.39, 0.29) is 41.6 Å². The Balaban J connectivity index is 1.75. The lowest BCUT2D eigenvalue weighted by atomic mass is 9.82. The van der Waals surface area contributed by atoms with Gasteiger partial charge in [-0.05, 0) is 65.7 Å². The molecule has 2 N–H and O–H groups in total. The predicted molar refractivity (Wildman–Crippen MR) is 150 cm³/mol. The summed E-state index contributed by atoms with van der Waals surface area (Å²) in [5.41, 5.74) is 3.69. The highest BCUT2D eigenvalue weighted by Gasteiger charge is 2.34. The molecule has 2 aliphatic heterocycles. The summed E-state index contributed by atoms with van der Waals surface area (Å²) >= 11 is 0. The van der Waals surface area contributed by atoms with Crippen molar-refractivity contribution in [1.82, 2.24) is 25.4 Å². The van der Waals surface area contributed by atoms with E-state index in [1.54, 1.807) is 23.9 Å². The standard InChI is InChI=1S/C29H36N6O4/c1-16-9-18(3)32-26(37)21(16)13-30-25(36)20-10-23(19-11-28(4,5)34-29(6,7)12-19)33-24-22(20)14-31-35(24)15-17(2)27(38)39-8/h9-11,14,21,34H,2,12-13,15H2,1,3-8H3,(H,30,36). The summed E-state index contributed by atoms with van der Waals surface area (Å²) in [6, 6.07) is 1.77. The number of esters is 1. The summed E-state index contributed by atoms with van der Waals surface area (Å²) in [6.07, 6.45) is 6.22. The molecule has 10 nitrogen and oxygen atoms in total. The van der Waals surface area contributed by atoms with Gasteiger partial charge in [0, 0.05) is 23.3 Å². The van der Waals surface area contributed by atoms with Gasteiger partial charge in [-0.25, -0.2) is 19.5 Å². The average molecular weight is 533 g/mol. The Morgan fingerprint density at radius 2 is 1.97 bits per heavy atom. The van der Waals surface area contributed by atoms with E-state index in [0.717, 1.165) is 11.1 Å². The second-order valence-electron chi connectivity index (χ2n) is 11.5. The monoisotopic (exact) mass is 532 g/mol. The van der Waals surface area contributed by atoms with Crippen molar-refractivity contribution in [2.24, 2.45) is 10.9 Å². The van der Waals surface area contributed by atoms with Crippen LogP contribution in [0.15, 0.2) is 47.1 Å². The molecule has 0 aliphatic carbocycles. The lowest BCUT2D eigenvalue weighted by Gasteiger charge is -2.41. The third kappa shape index (κ3) is 6.06. The molecule has 39 heavy (non-hydrogen) atoms. The minimum absolute atomic E-state index is 0.0587. The van der Waals surface area contributed by atoms with Crippen molar-refractivity contribution in [2.45, 2.75) is 65.6 Å². The molecule has 2 aliphatic rings. The van der Waals surface area contributed by atoms with Crippen LogP contribution < -0.4 is 10.6 Å². The van der Waals surface area contributed by atoms with E-state index in [9.17, 15) is 14.4 Å². The molecule has 0 radical (unpaired) electrons. The highest BCUT2D eigenvalue weighted by atomic mass is 16.5. The molecule has 2 amide bonds. The normalized spacial score (nSPS) is 20.1. The fourth-order valence-corrected chi connectivity index (χ4v) is 5.43. The molecule has 0 saturated carbocycles. The number of nitrogens with zero attached hydrogens (tertiary/aromatic N) is 4. The van der Waals surface area contributed by atoms with Crippen molar-refractivity contribution in [3.05, 3.63) is 53.4 Å². The maximum Gasteiger partial charge on any atom is 0.335 e. The lowest BCUT2D eigenvalue weighted by molar-refractivity contribution is -0.136. The molecule has 206 valence electrons. The van der Waals surface area contributed by atoms with Crippen LogP contribution in [0.1, 0.15) is 64.0 Å². The molecule has 2 aromatic heterocycles. The van der Waals surface area contributed by atoms with E-state index < -0.39 is 11.9 Å². The van der Waals surface area contributed by atoms with Crippen LogP contribution in [0.25, 0.3) is 16.6 Å². The van der Waals surface area contributed by atoms with Gasteiger partial charge < -0.3 is 15.4 Å². The molecule has 0 saturated heterocycles. The van der Waals surface area contributed by atoms with Gasteiger partial charge in [0.2, 0.25) is 0 Å². The van der Waals surface area contributed by atoms with E-state index in [1.807, 2.05) is 13.0 Å². The second kappa shape index (κ2) is 10.3. The number of aromatic nitrogens is 3. The number of carbonyl (C=O) groups is 3.